The van der Waals surface area contributed by atoms with Crippen LogP contribution in [0, 0.1) is 0 Å². The van der Waals surface area contributed by atoms with Gasteiger partial charge in [-0.2, -0.15) is 4.31 Å². The van der Waals surface area contributed by atoms with E-state index in [9.17, 15) is 13.2 Å². The van der Waals surface area contributed by atoms with Crippen LogP contribution < -0.4 is 5.32 Å². The third-order valence-corrected chi connectivity index (χ3v) is 6.44. The van der Waals surface area contributed by atoms with Crippen LogP contribution in [-0.4, -0.2) is 62.8 Å². The van der Waals surface area contributed by atoms with Gasteiger partial charge in [0.05, 0.1) is 11.4 Å². The number of hydrogen-bond donors (Lipinski definition) is 1. The van der Waals surface area contributed by atoms with E-state index < -0.39 is 10.0 Å². The van der Waals surface area contributed by atoms with Crippen molar-refractivity contribution in [1.29, 1.82) is 0 Å². The molecule has 1 fully saturated rings. The van der Waals surface area contributed by atoms with Gasteiger partial charge in [0, 0.05) is 37.2 Å². The Morgan fingerprint density at radius 1 is 1.23 bits per heavy atom. The number of amides is 1. The molecule has 0 aliphatic carbocycles. The lowest BCUT2D eigenvalue weighted by atomic mass is 10.3. The molecular formula is C14H20BrN3O3S. The Morgan fingerprint density at radius 3 is 2.45 bits per heavy atom. The number of rotatable bonds is 5. The highest BCUT2D eigenvalue weighted by Gasteiger charge is 2.30. The third-order valence-electron chi connectivity index (χ3n) is 3.53. The molecular weight excluding hydrogens is 370 g/mol. The van der Waals surface area contributed by atoms with Crippen molar-refractivity contribution >= 4 is 31.9 Å². The summed E-state index contributed by atoms with van der Waals surface area (Å²) in [6.45, 7) is 4.69. The summed E-state index contributed by atoms with van der Waals surface area (Å²) in [5.41, 5.74) is 0. The number of halogens is 1. The molecule has 1 amide bonds. The molecule has 8 heteroatoms. The molecule has 1 aliphatic heterocycles. The minimum absolute atomic E-state index is 0.0235. The minimum atomic E-state index is -3.50. The molecule has 2 rings (SSSR count). The molecule has 0 atom stereocenters. The van der Waals surface area contributed by atoms with E-state index in [1.54, 1.807) is 24.3 Å². The van der Waals surface area contributed by atoms with Gasteiger partial charge in [-0.15, -0.1) is 0 Å². The largest absolute Gasteiger partial charge is 0.355 e. The number of piperazine rings is 1. The van der Waals surface area contributed by atoms with Gasteiger partial charge in [-0.3, -0.25) is 9.69 Å². The summed E-state index contributed by atoms with van der Waals surface area (Å²) in [5, 5.41) is 2.75. The van der Waals surface area contributed by atoms with Gasteiger partial charge in [-0.1, -0.05) is 12.1 Å². The van der Waals surface area contributed by atoms with E-state index in [1.165, 1.54) is 4.31 Å². The van der Waals surface area contributed by atoms with Crippen LogP contribution in [0.25, 0.3) is 0 Å². The van der Waals surface area contributed by atoms with Crippen molar-refractivity contribution < 1.29 is 13.2 Å². The van der Waals surface area contributed by atoms with Gasteiger partial charge in [-0.25, -0.2) is 8.42 Å². The Hall–Kier alpha value is -0.960. The second kappa shape index (κ2) is 7.54. The quantitative estimate of drug-likeness (QED) is 0.811. The molecule has 1 saturated heterocycles. The van der Waals surface area contributed by atoms with Crippen molar-refractivity contribution in [2.45, 2.75) is 11.8 Å². The van der Waals surface area contributed by atoms with Crippen LogP contribution in [0.4, 0.5) is 0 Å². The third kappa shape index (κ3) is 4.07. The van der Waals surface area contributed by atoms with E-state index in [-0.39, 0.29) is 10.8 Å². The first-order valence-corrected chi connectivity index (χ1v) is 9.42. The van der Waals surface area contributed by atoms with E-state index in [2.05, 4.69) is 21.2 Å². The number of carbonyl (C=O) groups excluding carboxylic acids is 1. The lowest BCUT2D eigenvalue weighted by molar-refractivity contribution is -0.122. The second-order valence-electron chi connectivity index (χ2n) is 5.06. The van der Waals surface area contributed by atoms with Gasteiger partial charge in [0.2, 0.25) is 15.9 Å². The summed E-state index contributed by atoms with van der Waals surface area (Å²) in [6.07, 6.45) is 0. The zero-order chi connectivity index (χ0) is 16.2. The Morgan fingerprint density at radius 2 is 1.86 bits per heavy atom. The van der Waals surface area contributed by atoms with E-state index in [0.29, 0.717) is 43.7 Å². The number of carbonyl (C=O) groups is 1. The van der Waals surface area contributed by atoms with Crippen molar-refractivity contribution in [1.82, 2.24) is 14.5 Å². The normalized spacial score (nSPS) is 17.4. The van der Waals surface area contributed by atoms with Gasteiger partial charge >= 0.3 is 0 Å². The Labute approximate surface area is 139 Å². The van der Waals surface area contributed by atoms with E-state index in [1.807, 2.05) is 11.8 Å². The predicted octanol–water partition coefficient (Wildman–Crippen LogP) is 0.892. The van der Waals surface area contributed by atoms with Gasteiger partial charge in [0.1, 0.15) is 0 Å². The van der Waals surface area contributed by atoms with Crippen molar-refractivity contribution in [3.05, 3.63) is 28.7 Å². The first kappa shape index (κ1) is 17.4. The molecule has 0 aromatic heterocycles. The molecule has 0 bridgehead atoms. The van der Waals surface area contributed by atoms with Gasteiger partial charge < -0.3 is 5.32 Å². The lowest BCUT2D eigenvalue weighted by Gasteiger charge is -2.33. The summed E-state index contributed by atoms with van der Waals surface area (Å²) in [4.78, 5) is 13.8. The van der Waals surface area contributed by atoms with Gasteiger partial charge in [-0.05, 0) is 35.0 Å². The second-order valence-corrected chi connectivity index (χ2v) is 7.82. The van der Waals surface area contributed by atoms with Crippen LogP contribution in [0.15, 0.2) is 33.6 Å². The average Bonchev–Trinajstić information content (AvgIpc) is 2.48. The predicted molar refractivity (Wildman–Crippen MR) is 88.0 cm³/mol. The number of nitrogens with zero attached hydrogens (tertiary/aromatic N) is 2. The zero-order valence-electron chi connectivity index (χ0n) is 12.5. The monoisotopic (exact) mass is 389 g/mol. The average molecular weight is 390 g/mol. The molecule has 22 heavy (non-hydrogen) atoms. The van der Waals surface area contributed by atoms with E-state index >= 15 is 0 Å². The molecule has 0 radical (unpaired) electrons. The fourth-order valence-electron chi connectivity index (χ4n) is 2.38. The highest BCUT2D eigenvalue weighted by molar-refractivity contribution is 9.10. The van der Waals surface area contributed by atoms with Crippen LogP contribution in [0.1, 0.15) is 6.92 Å². The topological polar surface area (TPSA) is 69.7 Å². The lowest BCUT2D eigenvalue weighted by Crippen LogP contribution is -2.51. The van der Waals surface area contributed by atoms with Crippen molar-refractivity contribution in [3.8, 4) is 0 Å². The molecule has 1 aromatic rings. The summed E-state index contributed by atoms with van der Waals surface area (Å²) in [7, 11) is -3.50. The molecule has 1 heterocycles. The number of likely N-dealkylation sites (N-methyl/N-ethyl adjacent to an activating group) is 1. The summed E-state index contributed by atoms with van der Waals surface area (Å²) < 4.78 is 27.3. The molecule has 122 valence electrons. The van der Waals surface area contributed by atoms with E-state index in [0.717, 1.165) is 0 Å². The van der Waals surface area contributed by atoms with Crippen LogP contribution in [0.5, 0.6) is 0 Å². The molecule has 0 unspecified atom stereocenters. The number of hydrogen-bond acceptors (Lipinski definition) is 4. The standard InChI is InChI=1S/C14H20BrN3O3S/c1-2-16-14(19)11-17-7-9-18(10-8-17)22(20,21)13-6-4-3-5-12(13)15/h3-6H,2,7-11H2,1H3,(H,16,19). The highest BCUT2D eigenvalue weighted by Crippen LogP contribution is 2.25. The fourth-order valence-corrected chi connectivity index (χ4v) is 4.76. The van der Waals surface area contributed by atoms with Crippen LogP contribution in [-0.2, 0) is 14.8 Å². The van der Waals surface area contributed by atoms with Crippen molar-refractivity contribution in [2.75, 3.05) is 39.3 Å². The Bertz CT molecular complexity index is 628. The van der Waals surface area contributed by atoms with Crippen LogP contribution in [0.2, 0.25) is 0 Å². The molecule has 0 saturated carbocycles. The van der Waals surface area contributed by atoms with Gasteiger partial charge in [0.25, 0.3) is 0 Å². The number of sulfonamides is 1. The maximum absolute atomic E-state index is 12.6. The van der Waals surface area contributed by atoms with Crippen LogP contribution >= 0.6 is 15.9 Å². The van der Waals surface area contributed by atoms with Crippen molar-refractivity contribution in [3.63, 3.8) is 0 Å². The summed E-state index contributed by atoms with van der Waals surface area (Å²) in [6, 6.07) is 6.81. The number of benzene rings is 1. The maximum atomic E-state index is 12.6. The Kier molecular flexibility index (Phi) is 5.96. The molecule has 1 aromatic carbocycles. The van der Waals surface area contributed by atoms with Gasteiger partial charge in [0.15, 0.2) is 0 Å². The molecule has 1 aliphatic rings. The fraction of sp³-hybridized carbons (Fsp3) is 0.500. The number of nitrogens with one attached hydrogen (secondary N) is 1. The first-order valence-electron chi connectivity index (χ1n) is 7.19. The molecule has 0 spiro atoms. The summed E-state index contributed by atoms with van der Waals surface area (Å²) in [5.74, 6) is -0.0235. The molecule has 1 N–H and O–H groups in total. The highest BCUT2D eigenvalue weighted by atomic mass is 79.9. The van der Waals surface area contributed by atoms with E-state index in [4.69, 9.17) is 0 Å². The smallest absolute Gasteiger partial charge is 0.244 e. The van der Waals surface area contributed by atoms with Crippen LogP contribution in [0.3, 0.4) is 0 Å². The summed E-state index contributed by atoms with van der Waals surface area (Å²) >= 11 is 3.29. The maximum Gasteiger partial charge on any atom is 0.244 e. The van der Waals surface area contributed by atoms with Crippen molar-refractivity contribution in [2.24, 2.45) is 0 Å². The minimum Gasteiger partial charge on any atom is -0.355 e. The SMILES string of the molecule is CCNC(=O)CN1CCN(S(=O)(=O)c2ccccc2Br)CC1. The zero-order valence-corrected chi connectivity index (χ0v) is 14.9. The Balaban J connectivity index is 1.99. The molecule has 6 nitrogen and oxygen atoms in total. The first-order chi connectivity index (χ1) is 10.4.